The third kappa shape index (κ3) is 4.45. The molecule has 0 spiro atoms. The first-order valence-corrected chi connectivity index (χ1v) is 8.38. The van der Waals surface area contributed by atoms with Gasteiger partial charge >= 0.3 is 0 Å². The van der Waals surface area contributed by atoms with Gasteiger partial charge in [-0.15, -0.1) is 0 Å². The van der Waals surface area contributed by atoms with Crippen LogP contribution in [0.25, 0.3) is 6.08 Å². The average molecular weight is 404 g/mol. The fourth-order valence-electron chi connectivity index (χ4n) is 2.50. The summed E-state index contributed by atoms with van der Waals surface area (Å²) in [6, 6.07) is 9.01. The van der Waals surface area contributed by atoms with Gasteiger partial charge < -0.3 is 9.47 Å². The van der Waals surface area contributed by atoms with E-state index in [0.717, 1.165) is 6.08 Å². The van der Waals surface area contributed by atoms with Crippen LogP contribution in [0.2, 0.25) is 5.02 Å². The molecule has 0 saturated heterocycles. The van der Waals surface area contributed by atoms with E-state index < -0.39 is 16.7 Å². The Kier molecular flexibility index (Phi) is 5.87. The second-order valence-corrected chi connectivity index (χ2v) is 6.05. The van der Waals surface area contributed by atoms with Gasteiger partial charge in [-0.1, -0.05) is 23.7 Å². The molecule has 0 saturated carbocycles. The highest BCUT2D eigenvalue weighted by Gasteiger charge is 2.20. The summed E-state index contributed by atoms with van der Waals surface area (Å²) >= 11 is 5.92. The summed E-state index contributed by atoms with van der Waals surface area (Å²) in [6.07, 6.45) is 2.47. The lowest BCUT2D eigenvalue weighted by molar-refractivity contribution is -0.385. The Morgan fingerprint density at radius 1 is 1.21 bits per heavy atom. The van der Waals surface area contributed by atoms with E-state index in [1.807, 2.05) is 0 Å². The van der Waals surface area contributed by atoms with Crippen molar-refractivity contribution in [3.05, 3.63) is 74.3 Å². The van der Waals surface area contributed by atoms with Gasteiger partial charge in [0.05, 0.1) is 22.1 Å². The van der Waals surface area contributed by atoms with Gasteiger partial charge in [-0.3, -0.25) is 30.6 Å². The Balaban J connectivity index is 1.70. The lowest BCUT2D eigenvalue weighted by Gasteiger charge is -2.19. The number of nitro groups is 1. The molecule has 0 aliphatic carbocycles. The second kappa shape index (κ2) is 8.51. The molecule has 3 rings (SSSR count). The maximum absolute atomic E-state index is 12.0. The molecule has 0 bridgehead atoms. The van der Waals surface area contributed by atoms with Gasteiger partial charge in [0.1, 0.15) is 5.75 Å². The monoisotopic (exact) mass is 403 g/mol. The minimum Gasteiger partial charge on any atom is -0.467 e. The van der Waals surface area contributed by atoms with Crippen LogP contribution in [0.5, 0.6) is 5.75 Å². The fraction of sp³-hybridized carbons (Fsp3) is 0.111. The van der Waals surface area contributed by atoms with E-state index in [9.17, 15) is 19.7 Å². The van der Waals surface area contributed by atoms with E-state index in [1.54, 1.807) is 18.2 Å². The van der Waals surface area contributed by atoms with Crippen molar-refractivity contribution in [1.82, 2.24) is 10.9 Å². The Bertz CT molecular complexity index is 976. The van der Waals surface area contributed by atoms with Crippen molar-refractivity contribution in [2.45, 2.75) is 6.61 Å². The van der Waals surface area contributed by atoms with E-state index in [1.165, 1.54) is 24.3 Å². The summed E-state index contributed by atoms with van der Waals surface area (Å²) in [5.74, 6) is -0.825. The molecule has 10 heteroatoms. The normalized spacial score (nSPS) is 12.8. The minimum absolute atomic E-state index is 0.00569. The molecule has 1 heterocycles. The maximum atomic E-state index is 12.0. The number of non-ortho nitro benzene ring substituents is 1. The Morgan fingerprint density at radius 3 is 2.75 bits per heavy atom. The summed E-state index contributed by atoms with van der Waals surface area (Å²) in [4.78, 5) is 34.5. The van der Waals surface area contributed by atoms with Gasteiger partial charge in [-0.2, -0.15) is 0 Å². The molecule has 9 nitrogen and oxygen atoms in total. The highest BCUT2D eigenvalue weighted by Crippen LogP contribution is 2.33. The molecule has 28 heavy (non-hydrogen) atoms. The zero-order valence-electron chi connectivity index (χ0n) is 14.3. The molecule has 144 valence electrons. The van der Waals surface area contributed by atoms with Crippen molar-refractivity contribution in [3.63, 3.8) is 0 Å². The first kappa shape index (κ1) is 19.3. The number of benzene rings is 2. The van der Waals surface area contributed by atoms with E-state index in [-0.39, 0.29) is 29.7 Å². The van der Waals surface area contributed by atoms with Gasteiger partial charge in [-0.05, 0) is 18.2 Å². The van der Waals surface area contributed by atoms with Gasteiger partial charge in [0.15, 0.2) is 6.79 Å². The maximum Gasteiger partial charge on any atom is 0.271 e. The number of hydrazine groups is 1. The van der Waals surface area contributed by atoms with Crippen LogP contribution in [0.15, 0.2) is 42.5 Å². The number of amides is 2. The van der Waals surface area contributed by atoms with Crippen molar-refractivity contribution < 1.29 is 24.0 Å². The number of ether oxygens (including phenoxy) is 2. The summed E-state index contributed by atoms with van der Waals surface area (Å²) in [5, 5.41) is 11.3. The molecule has 0 aromatic heterocycles. The molecule has 1 aliphatic heterocycles. The number of halogens is 1. The molecule has 2 amide bonds. The molecule has 0 fully saturated rings. The number of fused-ring (bicyclic) bond motifs is 1. The van der Waals surface area contributed by atoms with Crippen LogP contribution in [0.4, 0.5) is 5.69 Å². The Labute approximate surface area is 164 Å². The summed E-state index contributed by atoms with van der Waals surface area (Å²) < 4.78 is 10.5. The molecule has 0 radical (unpaired) electrons. The van der Waals surface area contributed by atoms with Crippen LogP contribution in [0, 0.1) is 10.1 Å². The first-order chi connectivity index (χ1) is 13.5. The fourth-order valence-corrected chi connectivity index (χ4v) is 2.72. The van der Waals surface area contributed by atoms with Crippen LogP contribution in [-0.2, 0) is 16.1 Å². The molecule has 2 N–H and O–H groups in total. The number of carbonyl (C=O) groups is 2. The molecule has 0 atom stereocenters. The highest BCUT2D eigenvalue weighted by atomic mass is 35.5. The zero-order chi connectivity index (χ0) is 20.1. The topological polar surface area (TPSA) is 120 Å². The molecule has 0 unspecified atom stereocenters. The van der Waals surface area contributed by atoms with Gasteiger partial charge in [0.25, 0.3) is 17.5 Å². The standard InChI is InChI=1S/C18H14ClN3O6/c19-15-4-2-1-3-14(15)18(24)21-20-16(23)6-5-11-7-13(22(25)26)8-12-9-27-10-28-17(11)12/h1-8H,9-10H2,(H,20,23)(H,21,24)/b6-5+. The lowest BCUT2D eigenvalue weighted by Crippen LogP contribution is -2.40. The number of hydrogen-bond acceptors (Lipinski definition) is 6. The van der Waals surface area contributed by atoms with Crippen molar-refractivity contribution in [3.8, 4) is 5.75 Å². The third-order valence-corrected chi connectivity index (χ3v) is 4.10. The van der Waals surface area contributed by atoms with Crippen LogP contribution >= 0.6 is 11.6 Å². The zero-order valence-corrected chi connectivity index (χ0v) is 15.1. The quantitative estimate of drug-likeness (QED) is 0.460. The van der Waals surface area contributed by atoms with Crippen molar-refractivity contribution >= 4 is 35.2 Å². The molecule has 2 aromatic carbocycles. The highest BCUT2D eigenvalue weighted by molar-refractivity contribution is 6.33. The number of nitro benzene ring substituents is 1. The second-order valence-electron chi connectivity index (χ2n) is 5.65. The molecule has 2 aromatic rings. The van der Waals surface area contributed by atoms with Gasteiger partial charge in [-0.25, -0.2) is 0 Å². The third-order valence-electron chi connectivity index (χ3n) is 3.77. The SMILES string of the molecule is O=C(/C=C/c1cc([N+](=O)[O-])cc2c1OCOC2)NNC(=O)c1ccccc1Cl. The summed E-state index contributed by atoms with van der Waals surface area (Å²) in [6.45, 7) is 0.170. The number of nitrogens with zero attached hydrogens (tertiary/aromatic N) is 1. The first-order valence-electron chi connectivity index (χ1n) is 8.00. The molecular weight excluding hydrogens is 390 g/mol. The van der Waals surface area contributed by atoms with E-state index in [2.05, 4.69) is 10.9 Å². The van der Waals surface area contributed by atoms with Crippen LogP contribution < -0.4 is 15.6 Å². The van der Waals surface area contributed by atoms with E-state index in [0.29, 0.717) is 16.9 Å². The van der Waals surface area contributed by atoms with Crippen molar-refractivity contribution in [2.75, 3.05) is 6.79 Å². The number of rotatable bonds is 4. The lowest BCUT2D eigenvalue weighted by atomic mass is 10.1. The van der Waals surface area contributed by atoms with Gasteiger partial charge in [0.2, 0.25) is 0 Å². The Hall–Kier alpha value is -3.43. The van der Waals surface area contributed by atoms with Crippen molar-refractivity contribution in [2.24, 2.45) is 0 Å². The minimum atomic E-state index is -0.646. The number of carbonyl (C=O) groups excluding carboxylic acids is 2. The Morgan fingerprint density at radius 2 is 2.00 bits per heavy atom. The number of nitrogens with one attached hydrogen (secondary N) is 2. The largest absolute Gasteiger partial charge is 0.467 e. The summed E-state index contributed by atoms with van der Waals surface area (Å²) in [5.41, 5.74) is 5.35. The van der Waals surface area contributed by atoms with Crippen LogP contribution in [0.1, 0.15) is 21.5 Å². The summed E-state index contributed by atoms with van der Waals surface area (Å²) in [7, 11) is 0. The predicted molar refractivity (Wildman–Crippen MR) is 99.5 cm³/mol. The molecule has 1 aliphatic rings. The van der Waals surface area contributed by atoms with E-state index in [4.69, 9.17) is 21.1 Å². The van der Waals surface area contributed by atoms with E-state index >= 15 is 0 Å². The average Bonchev–Trinajstić information content (AvgIpc) is 2.70. The van der Waals surface area contributed by atoms with Crippen LogP contribution in [0.3, 0.4) is 0 Å². The molecular formula is C18H14ClN3O6. The van der Waals surface area contributed by atoms with Crippen molar-refractivity contribution in [1.29, 1.82) is 0 Å². The number of hydrogen-bond donors (Lipinski definition) is 2. The predicted octanol–water partition coefficient (Wildman–Crippen LogP) is 2.59. The van der Waals surface area contributed by atoms with Gasteiger partial charge in [0, 0.05) is 29.3 Å². The smallest absolute Gasteiger partial charge is 0.271 e. The van der Waals surface area contributed by atoms with Crippen LogP contribution in [-0.4, -0.2) is 23.5 Å².